The molecule has 1 aromatic heterocycles. The topological polar surface area (TPSA) is 68.7 Å². The maximum Gasteiger partial charge on any atom is 0.349 e. The van der Waals surface area contributed by atoms with E-state index in [1.165, 1.54) is 11.3 Å². The molecule has 0 aliphatic carbocycles. The van der Waals surface area contributed by atoms with Gasteiger partial charge in [0, 0.05) is 11.6 Å². The van der Waals surface area contributed by atoms with Crippen molar-refractivity contribution in [2.45, 2.75) is 0 Å². The second-order valence-corrected chi connectivity index (χ2v) is 4.24. The number of nitrogens with zero attached hydrogens (tertiary/aromatic N) is 3. The minimum absolute atomic E-state index is 0.402. The molecule has 17 heavy (non-hydrogen) atoms. The number of amides is 2. The van der Waals surface area contributed by atoms with Crippen LogP contribution >= 0.6 is 11.3 Å². The maximum absolute atomic E-state index is 11.8. The van der Waals surface area contributed by atoms with E-state index in [9.17, 15) is 10.0 Å². The maximum atomic E-state index is 11.8. The summed E-state index contributed by atoms with van der Waals surface area (Å²) in [6, 6.07) is 6.54. The van der Waals surface area contributed by atoms with Gasteiger partial charge in [0.25, 0.3) is 0 Å². The Balaban J connectivity index is 2.07. The normalized spacial score (nSPS) is 14.5. The molecule has 7 heteroatoms. The number of urea groups is 1. The third-order valence-corrected chi connectivity index (χ3v) is 3.09. The van der Waals surface area contributed by atoms with E-state index in [1.54, 1.807) is 35.8 Å². The smallest absolute Gasteiger partial charge is 0.304 e. The zero-order valence-corrected chi connectivity index (χ0v) is 9.39. The number of carbonyl (C=O) groups is 1. The van der Waals surface area contributed by atoms with Gasteiger partial charge in [-0.25, -0.2) is 9.78 Å². The fraction of sp³-hybridized carbons (Fsp3) is 0. The molecule has 2 N–H and O–H groups in total. The molecule has 0 fully saturated rings. The highest BCUT2D eigenvalue weighted by molar-refractivity contribution is 7.13. The van der Waals surface area contributed by atoms with E-state index < -0.39 is 6.03 Å². The van der Waals surface area contributed by atoms with Gasteiger partial charge in [-0.05, 0) is 12.1 Å². The third-order valence-electron chi connectivity index (χ3n) is 2.34. The number of carbonyl (C=O) groups excluding carboxylic acids is 1. The summed E-state index contributed by atoms with van der Waals surface area (Å²) < 4.78 is 0. The second kappa shape index (κ2) is 3.72. The number of hydrogen-bond acceptors (Lipinski definition) is 5. The van der Waals surface area contributed by atoms with Crippen molar-refractivity contribution in [1.82, 2.24) is 4.98 Å². The molecular formula is C10H8N4O2S. The van der Waals surface area contributed by atoms with Gasteiger partial charge >= 0.3 is 6.03 Å². The minimum Gasteiger partial charge on any atom is -0.304 e. The molecular weight excluding hydrogens is 240 g/mol. The number of anilines is 3. The molecule has 86 valence electrons. The second-order valence-electron chi connectivity index (χ2n) is 3.36. The first-order valence-corrected chi connectivity index (χ1v) is 5.74. The number of thiazole rings is 1. The van der Waals surface area contributed by atoms with E-state index >= 15 is 0 Å². The number of benzene rings is 1. The van der Waals surface area contributed by atoms with Gasteiger partial charge < -0.3 is 5.32 Å². The molecule has 0 radical (unpaired) electrons. The highest BCUT2D eigenvalue weighted by Gasteiger charge is 2.31. The first-order chi connectivity index (χ1) is 8.27. The Morgan fingerprint density at radius 1 is 1.35 bits per heavy atom. The predicted octanol–water partition coefficient (Wildman–Crippen LogP) is 2.31. The fourth-order valence-corrected chi connectivity index (χ4v) is 2.23. The Hall–Kier alpha value is -2.12. The van der Waals surface area contributed by atoms with E-state index in [2.05, 4.69) is 10.3 Å². The molecule has 2 amide bonds. The molecule has 2 heterocycles. The molecule has 0 spiro atoms. The minimum atomic E-state index is -0.443. The Morgan fingerprint density at radius 2 is 2.18 bits per heavy atom. The lowest BCUT2D eigenvalue weighted by Crippen LogP contribution is -2.50. The number of aromatic nitrogens is 1. The number of hydrazine groups is 1. The summed E-state index contributed by atoms with van der Waals surface area (Å²) in [5.41, 5.74) is 1.06. The Kier molecular flexibility index (Phi) is 2.20. The van der Waals surface area contributed by atoms with Gasteiger partial charge in [0.2, 0.25) is 5.13 Å². The van der Waals surface area contributed by atoms with Crippen molar-refractivity contribution < 1.29 is 10.0 Å². The Bertz CT molecular complexity index is 557. The van der Waals surface area contributed by atoms with Crippen LogP contribution in [0.25, 0.3) is 0 Å². The summed E-state index contributed by atoms with van der Waals surface area (Å²) in [5, 5.41) is 16.7. The van der Waals surface area contributed by atoms with Crippen LogP contribution in [0.2, 0.25) is 0 Å². The quantitative estimate of drug-likeness (QED) is 0.812. The van der Waals surface area contributed by atoms with E-state index in [4.69, 9.17) is 0 Å². The van der Waals surface area contributed by atoms with E-state index in [-0.39, 0.29) is 0 Å². The zero-order valence-electron chi connectivity index (χ0n) is 8.57. The first kappa shape index (κ1) is 10.1. The summed E-state index contributed by atoms with van der Waals surface area (Å²) in [5.74, 6) is 0. The lowest BCUT2D eigenvalue weighted by atomic mass is 10.2. The van der Waals surface area contributed by atoms with Crippen LogP contribution in [0.3, 0.4) is 0 Å². The molecule has 1 aliphatic heterocycles. The Labute approximate surface area is 101 Å². The van der Waals surface area contributed by atoms with Crippen molar-refractivity contribution in [3.05, 3.63) is 35.8 Å². The summed E-state index contributed by atoms with van der Waals surface area (Å²) >= 11 is 1.26. The fourth-order valence-electron chi connectivity index (χ4n) is 1.60. The van der Waals surface area contributed by atoms with Crippen LogP contribution in [0.5, 0.6) is 0 Å². The van der Waals surface area contributed by atoms with E-state index in [0.717, 1.165) is 10.2 Å². The monoisotopic (exact) mass is 248 g/mol. The molecule has 0 unspecified atom stereocenters. The number of rotatable bonds is 1. The average molecular weight is 248 g/mol. The lowest BCUT2D eigenvalue weighted by Gasteiger charge is -2.34. The van der Waals surface area contributed by atoms with Gasteiger partial charge in [0.05, 0.1) is 5.69 Å². The number of nitrogens with one attached hydrogen (secondary N) is 1. The van der Waals surface area contributed by atoms with Crippen LogP contribution < -0.4 is 15.5 Å². The molecule has 0 saturated carbocycles. The molecule has 1 aromatic carbocycles. The van der Waals surface area contributed by atoms with E-state index in [1.807, 2.05) is 0 Å². The van der Waals surface area contributed by atoms with E-state index in [0.29, 0.717) is 16.5 Å². The molecule has 0 saturated heterocycles. The van der Waals surface area contributed by atoms with Gasteiger partial charge in [-0.3, -0.25) is 5.21 Å². The van der Waals surface area contributed by atoms with Crippen LogP contribution in [0.15, 0.2) is 35.8 Å². The molecule has 2 aromatic rings. The standard InChI is InChI=1S/C10H8N4O2S/c15-9-12-7-3-1-2-4-8(7)14(16)13(9)10-11-5-6-17-10/h1-6,16H,(H,12,15). The van der Waals surface area contributed by atoms with Crippen LogP contribution in [0.1, 0.15) is 0 Å². The highest BCUT2D eigenvalue weighted by atomic mass is 32.1. The van der Waals surface area contributed by atoms with Crippen molar-refractivity contribution in [3.63, 3.8) is 0 Å². The van der Waals surface area contributed by atoms with Crippen LogP contribution in [0.4, 0.5) is 21.3 Å². The molecule has 0 bridgehead atoms. The SMILES string of the molecule is O=C1Nc2ccccc2N(O)N1c1nccs1. The molecule has 1 aliphatic rings. The molecule has 0 atom stereocenters. The van der Waals surface area contributed by atoms with Crippen molar-refractivity contribution >= 4 is 33.9 Å². The number of para-hydroxylation sites is 2. The van der Waals surface area contributed by atoms with Gasteiger partial charge in [-0.1, -0.05) is 12.1 Å². The number of fused-ring (bicyclic) bond motifs is 1. The largest absolute Gasteiger partial charge is 0.349 e. The Morgan fingerprint density at radius 3 is 2.94 bits per heavy atom. The summed E-state index contributed by atoms with van der Waals surface area (Å²) in [7, 11) is 0. The summed E-state index contributed by atoms with van der Waals surface area (Å²) in [4.78, 5) is 15.8. The van der Waals surface area contributed by atoms with Crippen LogP contribution in [0, 0.1) is 0 Å². The first-order valence-electron chi connectivity index (χ1n) is 4.86. The highest BCUT2D eigenvalue weighted by Crippen LogP contribution is 2.33. The van der Waals surface area contributed by atoms with Crippen molar-refractivity contribution in [2.75, 3.05) is 15.5 Å². The summed E-state index contributed by atoms with van der Waals surface area (Å²) in [6.45, 7) is 0. The van der Waals surface area contributed by atoms with Gasteiger partial charge in [0.1, 0.15) is 5.69 Å². The lowest BCUT2D eigenvalue weighted by molar-refractivity contribution is 0.221. The number of hydrogen-bond donors (Lipinski definition) is 2. The van der Waals surface area contributed by atoms with Gasteiger partial charge in [0.15, 0.2) is 0 Å². The van der Waals surface area contributed by atoms with Crippen molar-refractivity contribution in [3.8, 4) is 0 Å². The van der Waals surface area contributed by atoms with Crippen LogP contribution in [-0.4, -0.2) is 16.2 Å². The van der Waals surface area contributed by atoms with Crippen molar-refractivity contribution in [2.24, 2.45) is 0 Å². The van der Waals surface area contributed by atoms with Gasteiger partial charge in [-0.2, -0.15) is 0 Å². The van der Waals surface area contributed by atoms with Gasteiger partial charge in [-0.15, -0.1) is 21.5 Å². The average Bonchev–Trinajstić information content (AvgIpc) is 2.83. The third kappa shape index (κ3) is 1.52. The molecule has 6 nitrogen and oxygen atoms in total. The predicted molar refractivity (Wildman–Crippen MR) is 64.3 cm³/mol. The van der Waals surface area contributed by atoms with Crippen molar-refractivity contribution in [1.29, 1.82) is 0 Å². The zero-order chi connectivity index (χ0) is 11.8. The summed E-state index contributed by atoms with van der Waals surface area (Å²) in [6.07, 6.45) is 1.57. The van der Waals surface area contributed by atoms with Crippen LogP contribution in [-0.2, 0) is 0 Å². The molecule has 3 rings (SSSR count).